The number of nitrogens with zero attached hydrogens (tertiary/aromatic N) is 1. The molecule has 0 radical (unpaired) electrons. The zero-order valence-electron chi connectivity index (χ0n) is 11.6. The molecule has 0 saturated heterocycles. The minimum atomic E-state index is 0.677. The van der Waals surface area contributed by atoms with E-state index in [2.05, 4.69) is 9.97 Å². The van der Waals surface area contributed by atoms with Crippen molar-refractivity contribution in [3.8, 4) is 5.75 Å². The van der Waals surface area contributed by atoms with E-state index < -0.39 is 0 Å². The van der Waals surface area contributed by atoms with Gasteiger partial charge in [0.05, 0.1) is 17.6 Å². The first kappa shape index (κ1) is 13.8. The monoisotopic (exact) mass is 299 g/mol. The number of aromatic nitrogens is 2. The smallest absolute Gasteiger partial charge is 0.166 e. The molecule has 21 heavy (non-hydrogen) atoms. The number of thioether (sulfide) groups is 1. The van der Waals surface area contributed by atoms with Gasteiger partial charge in [-0.15, -0.1) is 0 Å². The third-order valence-corrected chi connectivity index (χ3v) is 3.98. The number of benzene rings is 2. The van der Waals surface area contributed by atoms with E-state index in [1.54, 1.807) is 11.8 Å². The van der Waals surface area contributed by atoms with Crippen molar-refractivity contribution in [3.05, 3.63) is 48.5 Å². The number of aromatic amines is 1. The molecule has 4 nitrogen and oxygen atoms in total. The van der Waals surface area contributed by atoms with Crippen LogP contribution in [0, 0.1) is 0 Å². The highest BCUT2D eigenvalue weighted by molar-refractivity contribution is 7.99. The van der Waals surface area contributed by atoms with Crippen LogP contribution < -0.4 is 10.5 Å². The van der Waals surface area contributed by atoms with E-state index in [-0.39, 0.29) is 0 Å². The standard InChI is InChI=1S/C16H17N3OS/c17-12-5-3-6-13(11-12)20-9-4-10-21-16-18-14-7-1-2-8-15(14)19-16/h1-3,5-8,11H,4,9-10,17H2,(H,18,19). The number of hydrogen-bond donors (Lipinski definition) is 2. The van der Waals surface area contributed by atoms with Gasteiger partial charge in [0.15, 0.2) is 5.16 Å². The zero-order valence-corrected chi connectivity index (χ0v) is 12.4. The van der Waals surface area contributed by atoms with Crippen LogP contribution in [0.25, 0.3) is 11.0 Å². The second kappa shape index (κ2) is 6.54. The summed E-state index contributed by atoms with van der Waals surface area (Å²) in [4.78, 5) is 7.84. The minimum Gasteiger partial charge on any atom is -0.493 e. The van der Waals surface area contributed by atoms with Crippen molar-refractivity contribution in [3.63, 3.8) is 0 Å². The molecule has 0 amide bonds. The molecular formula is C16H17N3OS. The van der Waals surface area contributed by atoms with Crippen molar-refractivity contribution in [2.75, 3.05) is 18.1 Å². The Labute approximate surface area is 127 Å². The average molecular weight is 299 g/mol. The fourth-order valence-electron chi connectivity index (χ4n) is 2.02. The van der Waals surface area contributed by atoms with Gasteiger partial charge in [0, 0.05) is 17.5 Å². The molecule has 3 rings (SSSR count). The second-order valence-corrected chi connectivity index (χ2v) is 5.77. The number of nitrogens with one attached hydrogen (secondary N) is 1. The molecular weight excluding hydrogens is 282 g/mol. The fourth-order valence-corrected chi connectivity index (χ4v) is 2.82. The van der Waals surface area contributed by atoms with Crippen molar-refractivity contribution < 1.29 is 4.74 Å². The van der Waals surface area contributed by atoms with Crippen molar-refractivity contribution in [1.82, 2.24) is 9.97 Å². The second-order valence-electron chi connectivity index (χ2n) is 4.68. The maximum Gasteiger partial charge on any atom is 0.166 e. The first-order valence-electron chi connectivity index (χ1n) is 6.87. The molecule has 0 aliphatic heterocycles. The molecule has 0 atom stereocenters. The van der Waals surface area contributed by atoms with Gasteiger partial charge in [-0.3, -0.25) is 0 Å². The molecule has 0 bridgehead atoms. The number of hydrogen-bond acceptors (Lipinski definition) is 4. The Morgan fingerprint density at radius 1 is 1.14 bits per heavy atom. The summed E-state index contributed by atoms with van der Waals surface area (Å²) in [6.45, 7) is 0.677. The molecule has 0 aliphatic carbocycles. The molecule has 1 heterocycles. The van der Waals surface area contributed by atoms with Gasteiger partial charge >= 0.3 is 0 Å². The quantitative estimate of drug-likeness (QED) is 0.414. The third-order valence-electron chi connectivity index (χ3n) is 3.02. The Hall–Kier alpha value is -2.14. The van der Waals surface area contributed by atoms with E-state index in [9.17, 15) is 0 Å². The summed E-state index contributed by atoms with van der Waals surface area (Å²) in [5.74, 6) is 1.78. The number of rotatable bonds is 6. The van der Waals surface area contributed by atoms with Crippen LogP contribution in [0.5, 0.6) is 5.75 Å². The summed E-state index contributed by atoms with van der Waals surface area (Å²) < 4.78 is 5.66. The maximum absolute atomic E-state index is 5.71. The Morgan fingerprint density at radius 3 is 2.90 bits per heavy atom. The van der Waals surface area contributed by atoms with Gasteiger partial charge in [-0.1, -0.05) is 30.0 Å². The summed E-state index contributed by atoms with van der Waals surface area (Å²) in [6.07, 6.45) is 0.955. The molecule has 2 aromatic carbocycles. The van der Waals surface area contributed by atoms with Crippen molar-refractivity contribution in [2.24, 2.45) is 0 Å². The summed E-state index contributed by atoms with van der Waals surface area (Å²) in [5.41, 5.74) is 8.52. The topological polar surface area (TPSA) is 63.9 Å². The first-order valence-corrected chi connectivity index (χ1v) is 7.86. The molecule has 0 spiro atoms. The number of nitrogen functional groups attached to an aromatic ring is 1. The lowest BCUT2D eigenvalue weighted by Crippen LogP contribution is -1.99. The Balaban J connectivity index is 1.44. The Kier molecular flexibility index (Phi) is 4.31. The molecule has 0 saturated carbocycles. The van der Waals surface area contributed by atoms with E-state index >= 15 is 0 Å². The summed E-state index contributed by atoms with van der Waals surface area (Å²) >= 11 is 1.71. The summed E-state index contributed by atoms with van der Waals surface area (Å²) in [6, 6.07) is 15.6. The van der Waals surface area contributed by atoms with Crippen LogP contribution in [-0.4, -0.2) is 22.3 Å². The highest BCUT2D eigenvalue weighted by Crippen LogP contribution is 2.20. The number of imidazole rings is 1. The van der Waals surface area contributed by atoms with E-state index in [4.69, 9.17) is 10.5 Å². The first-order chi connectivity index (χ1) is 10.3. The predicted octanol–water partition coefficient (Wildman–Crippen LogP) is 3.71. The molecule has 3 aromatic rings. The molecule has 108 valence electrons. The molecule has 3 N–H and O–H groups in total. The normalized spacial score (nSPS) is 10.9. The summed E-state index contributed by atoms with van der Waals surface area (Å²) in [7, 11) is 0. The minimum absolute atomic E-state index is 0.677. The van der Waals surface area contributed by atoms with Gasteiger partial charge in [0.2, 0.25) is 0 Å². The Bertz CT molecular complexity index is 693. The van der Waals surface area contributed by atoms with Gasteiger partial charge in [-0.05, 0) is 30.7 Å². The lowest BCUT2D eigenvalue weighted by Gasteiger charge is -2.05. The van der Waals surface area contributed by atoms with Gasteiger partial charge in [0.1, 0.15) is 5.75 Å². The van der Waals surface area contributed by atoms with Crippen LogP contribution in [0.4, 0.5) is 5.69 Å². The lowest BCUT2D eigenvalue weighted by molar-refractivity contribution is 0.319. The van der Waals surface area contributed by atoms with Gasteiger partial charge < -0.3 is 15.5 Å². The number of H-pyrrole nitrogens is 1. The van der Waals surface area contributed by atoms with E-state index in [0.717, 1.165) is 39.8 Å². The van der Waals surface area contributed by atoms with Crippen LogP contribution in [0.2, 0.25) is 0 Å². The van der Waals surface area contributed by atoms with Crippen LogP contribution in [0.15, 0.2) is 53.7 Å². The van der Waals surface area contributed by atoms with Crippen LogP contribution in [-0.2, 0) is 0 Å². The maximum atomic E-state index is 5.71. The number of para-hydroxylation sites is 2. The summed E-state index contributed by atoms with van der Waals surface area (Å²) in [5, 5.41) is 0.958. The molecule has 0 fully saturated rings. The predicted molar refractivity (Wildman–Crippen MR) is 87.8 cm³/mol. The van der Waals surface area contributed by atoms with Gasteiger partial charge in [-0.2, -0.15) is 0 Å². The molecule has 0 aliphatic rings. The molecule has 5 heteroatoms. The highest BCUT2D eigenvalue weighted by Gasteiger charge is 2.02. The number of ether oxygens (including phenoxy) is 1. The van der Waals surface area contributed by atoms with Gasteiger partial charge in [-0.25, -0.2) is 4.98 Å². The van der Waals surface area contributed by atoms with Crippen LogP contribution in [0.1, 0.15) is 6.42 Å². The lowest BCUT2D eigenvalue weighted by atomic mass is 10.3. The van der Waals surface area contributed by atoms with Crippen molar-refractivity contribution >= 4 is 28.5 Å². The van der Waals surface area contributed by atoms with Crippen molar-refractivity contribution in [2.45, 2.75) is 11.6 Å². The third kappa shape index (κ3) is 3.70. The van der Waals surface area contributed by atoms with E-state index in [0.29, 0.717) is 6.61 Å². The number of fused-ring (bicyclic) bond motifs is 1. The Morgan fingerprint density at radius 2 is 2.05 bits per heavy atom. The fraction of sp³-hybridized carbons (Fsp3) is 0.188. The number of nitrogens with two attached hydrogens (primary N) is 1. The van der Waals surface area contributed by atoms with E-state index in [1.165, 1.54) is 0 Å². The van der Waals surface area contributed by atoms with Crippen molar-refractivity contribution in [1.29, 1.82) is 0 Å². The molecule has 0 unspecified atom stereocenters. The number of anilines is 1. The van der Waals surface area contributed by atoms with Gasteiger partial charge in [0.25, 0.3) is 0 Å². The molecule has 1 aromatic heterocycles. The zero-order chi connectivity index (χ0) is 14.5. The van der Waals surface area contributed by atoms with Crippen LogP contribution in [0.3, 0.4) is 0 Å². The highest BCUT2D eigenvalue weighted by atomic mass is 32.2. The van der Waals surface area contributed by atoms with E-state index in [1.807, 2.05) is 48.5 Å². The average Bonchev–Trinajstić information content (AvgIpc) is 2.89. The largest absolute Gasteiger partial charge is 0.493 e. The van der Waals surface area contributed by atoms with Crippen LogP contribution >= 0.6 is 11.8 Å². The SMILES string of the molecule is Nc1cccc(OCCCSc2nc3ccccc3[nH]2)c1.